The normalized spacial score (nSPS) is 11.3. The Hall–Kier alpha value is -4.04. The molecule has 5 aromatic rings. The molecule has 8 heteroatoms. The van der Waals surface area contributed by atoms with Crippen LogP contribution in [0.5, 0.6) is 0 Å². The Kier molecular flexibility index (Phi) is 5.82. The van der Waals surface area contributed by atoms with Crippen LogP contribution in [0.2, 0.25) is 0 Å². The molecule has 2 heterocycles. The number of amides is 1. The van der Waals surface area contributed by atoms with Gasteiger partial charge in [0.1, 0.15) is 17.1 Å². The molecule has 0 spiro atoms. The van der Waals surface area contributed by atoms with Gasteiger partial charge in [-0.1, -0.05) is 36.4 Å². The van der Waals surface area contributed by atoms with Crippen LogP contribution in [-0.4, -0.2) is 15.0 Å². The highest BCUT2D eigenvalue weighted by atomic mass is 32.1. The summed E-state index contributed by atoms with van der Waals surface area (Å²) in [5.41, 5.74) is 2.82. The molecular formula is C27H22FN3O3S. The van der Waals surface area contributed by atoms with Crippen LogP contribution in [0.3, 0.4) is 0 Å². The number of carbonyl (C=O) groups is 1. The third-order valence-electron chi connectivity index (χ3n) is 6.09. The number of thiophene rings is 1. The first kappa shape index (κ1) is 22.7. The predicted molar refractivity (Wildman–Crippen MR) is 138 cm³/mol. The van der Waals surface area contributed by atoms with E-state index < -0.39 is 17.1 Å². The number of hydrogen-bond acceptors (Lipinski definition) is 4. The second kappa shape index (κ2) is 8.96. The molecule has 0 saturated heterocycles. The van der Waals surface area contributed by atoms with Crippen molar-refractivity contribution >= 4 is 43.2 Å². The molecule has 35 heavy (non-hydrogen) atoms. The van der Waals surface area contributed by atoms with Gasteiger partial charge in [0.15, 0.2) is 0 Å². The quantitative estimate of drug-likeness (QED) is 0.386. The first-order chi connectivity index (χ1) is 16.8. The van der Waals surface area contributed by atoms with Crippen LogP contribution in [0.1, 0.15) is 16.7 Å². The summed E-state index contributed by atoms with van der Waals surface area (Å²) in [5, 5.41) is 3.60. The van der Waals surface area contributed by atoms with E-state index in [1.54, 1.807) is 0 Å². The summed E-state index contributed by atoms with van der Waals surface area (Å²) in [5.74, 6) is -0.777. The lowest BCUT2D eigenvalue weighted by Gasteiger charge is -2.13. The largest absolute Gasteiger partial charge is 0.332 e. The number of anilines is 1. The topological polar surface area (TPSA) is 73.1 Å². The smallest absolute Gasteiger partial charge is 0.325 e. The van der Waals surface area contributed by atoms with Gasteiger partial charge in [0, 0.05) is 15.8 Å². The summed E-state index contributed by atoms with van der Waals surface area (Å²) in [6.45, 7) is 3.67. The van der Waals surface area contributed by atoms with Gasteiger partial charge in [-0.2, -0.15) is 0 Å². The summed E-state index contributed by atoms with van der Waals surface area (Å²) in [4.78, 5) is 40.0. The third-order valence-corrected chi connectivity index (χ3v) is 7.23. The van der Waals surface area contributed by atoms with Crippen LogP contribution in [0.4, 0.5) is 10.1 Å². The molecule has 0 aliphatic rings. The van der Waals surface area contributed by atoms with Gasteiger partial charge in [0.25, 0.3) is 5.56 Å². The van der Waals surface area contributed by atoms with Crippen LogP contribution < -0.4 is 16.6 Å². The monoisotopic (exact) mass is 487 g/mol. The first-order valence-corrected chi connectivity index (χ1v) is 11.9. The van der Waals surface area contributed by atoms with Crippen LogP contribution >= 0.6 is 11.3 Å². The Morgan fingerprint density at radius 2 is 1.69 bits per heavy atom. The highest BCUT2D eigenvalue weighted by Crippen LogP contribution is 2.31. The molecule has 2 aromatic heterocycles. The average Bonchev–Trinajstić information content (AvgIpc) is 3.23. The molecule has 0 aliphatic carbocycles. The van der Waals surface area contributed by atoms with E-state index >= 15 is 0 Å². The molecule has 0 saturated carbocycles. The molecular weight excluding hydrogens is 465 g/mol. The molecule has 1 N–H and O–H groups in total. The molecule has 3 aromatic carbocycles. The molecule has 176 valence electrons. The Morgan fingerprint density at radius 1 is 0.943 bits per heavy atom. The highest BCUT2D eigenvalue weighted by Gasteiger charge is 2.20. The molecule has 1 amide bonds. The van der Waals surface area contributed by atoms with Gasteiger partial charge in [-0.05, 0) is 60.9 Å². The fraction of sp³-hybridized carbons (Fsp3) is 0.148. The standard InChI is InChI=1S/C27H22FN3O3S/c1-16-7-12-20(13-17(16)2)29-23(32)15-30-24-21-5-3-4-6-22(21)35-25(24)26(33)31(27(30)34)14-18-8-10-19(28)11-9-18/h3-13H,14-15H2,1-2H3,(H,29,32). The van der Waals surface area contributed by atoms with E-state index in [0.717, 1.165) is 25.8 Å². The number of hydrogen-bond donors (Lipinski definition) is 1. The number of aromatic nitrogens is 2. The van der Waals surface area contributed by atoms with E-state index in [9.17, 15) is 18.8 Å². The lowest BCUT2D eigenvalue weighted by molar-refractivity contribution is -0.116. The number of halogens is 1. The van der Waals surface area contributed by atoms with E-state index in [1.165, 1.54) is 40.2 Å². The molecule has 0 radical (unpaired) electrons. The summed E-state index contributed by atoms with van der Waals surface area (Å²) >= 11 is 1.29. The SMILES string of the molecule is Cc1ccc(NC(=O)Cn2c(=O)n(Cc3ccc(F)cc3)c(=O)c3sc4ccccc4c32)cc1C. The van der Waals surface area contributed by atoms with Crippen molar-refractivity contribution in [3.8, 4) is 0 Å². The minimum absolute atomic E-state index is 0.0269. The van der Waals surface area contributed by atoms with E-state index in [2.05, 4.69) is 5.32 Å². The number of nitrogens with zero attached hydrogens (tertiary/aromatic N) is 2. The van der Waals surface area contributed by atoms with Crippen LogP contribution in [0.25, 0.3) is 20.3 Å². The third kappa shape index (κ3) is 4.28. The minimum Gasteiger partial charge on any atom is -0.325 e. The van der Waals surface area contributed by atoms with Crippen molar-refractivity contribution < 1.29 is 9.18 Å². The van der Waals surface area contributed by atoms with Gasteiger partial charge in [-0.25, -0.2) is 9.18 Å². The van der Waals surface area contributed by atoms with Gasteiger partial charge in [-0.15, -0.1) is 11.3 Å². The fourth-order valence-electron chi connectivity index (χ4n) is 4.12. The molecule has 5 rings (SSSR count). The molecule has 0 aliphatic heterocycles. The Morgan fingerprint density at radius 3 is 2.43 bits per heavy atom. The van der Waals surface area contributed by atoms with Crippen molar-refractivity contribution in [2.45, 2.75) is 26.9 Å². The van der Waals surface area contributed by atoms with Crippen molar-refractivity contribution in [1.29, 1.82) is 0 Å². The number of carbonyl (C=O) groups excluding carboxylic acids is 1. The second-order valence-corrected chi connectivity index (χ2v) is 9.56. The molecule has 0 fully saturated rings. The first-order valence-electron chi connectivity index (χ1n) is 11.1. The zero-order valence-electron chi connectivity index (χ0n) is 19.2. The Bertz CT molecular complexity index is 1710. The zero-order valence-corrected chi connectivity index (χ0v) is 20.0. The van der Waals surface area contributed by atoms with Crippen LogP contribution in [0.15, 0.2) is 76.3 Å². The van der Waals surface area contributed by atoms with E-state index in [0.29, 0.717) is 21.5 Å². The highest BCUT2D eigenvalue weighted by molar-refractivity contribution is 7.25. The number of rotatable bonds is 5. The van der Waals surface area contributed by atoms with E-state index in [1.807, 2.05) is 56.3 Å². The van der Waals surface area contributed by atoms with Crippen LogP contribution in [-0.2, 0) is 17.9 Å². The summed E-state index contributed by atoms with van der Waals surface area (Å²) in [6.07, 6.45) is 0. The van der Waals surface area contributed by atoms with Crippen LogP contribution in [0, 0.1) is 19.7 Å². The van der Waals surface area contributed by atoms with Crippen molar-refractivity contribution in [2.75, 3.05) is 5.32 Å². The van der Waals surface area contributed by atoms with Crippen molar-refractivity contribution in [2.24, 2.45) is 0 Å². The van der Waals surface area contributed by atoms with Crippen molar-refractivity contribution in [1.82, 2.24) is 9.13 Å². The lowest BCUT2D eigenvalue weighted by atomic mass is 10.1. The second-order valence-electron chi connectivity index (χ2n) is 8.51. The Balaban J connectivity index is 1.63. The van der Waals surface area contributed by atoms with E-state index in [4.69, 9.17) is 0 Å². The molecule has 6 nitrogen and oxygen atoms in total. The van der Waals surface area contributed by atoms with Crippen molar-refractivity contribution in [3.05, 3.63) is 110 Å². The fourth-order valence-corrected chi connectivity index (χ4v) is 5.27. The summed E-state index contributed by atoms with van der Waals surface area (Å²) in [6, 6.07) is 18.7. The van der Waals surface area contributed by atoms with Gasteiger partial charge in [-0.3, -0.25) is 18.7 Å². The van der Waals surface area contributed by atoms with Crippen molar-refractivity contribution in [3.63, 3.8) is 0 Å². The molecule has 0 unspecified atom stereocenters. The van der Waals surface area contributed by atoms with Gasteiger partial charge >= 0.3 is 5.69 Å². The maximum atomic E-state index is 13.6. The number of aryl methyl sites for hydroxylation is 2. The maximum Gasteiger partial charge on any atom is 0.332 e. The number of benzene rings is 3. The zero-order chi connectivity index (χ0) is 24.7. The average molecular weight is 488 g/mol. The molecule has 0 atom stereocenters. The summed E-state index contributed by atoms with van der Waals surface area (Å²) < 4.78 is 17.1. The van der Waals surface area contributed by atoms with E-state index in [-0.39, 0.29) is 19.0 Å². The number of fused-ring (bicyclic) bond motifs is 3. The number of nitrogens with one attached hydrogen (secondary N) is 1. The van der Waals surface area contributed by atoms with Gasteiger partial charge in [0.05, 0.1) is 12.1 Å². The Labute approximate surface area is 203 Å². The van der Waals surface area contributed by atoms with Gasteiger partial charge < -0.3 is 5.32 Å². The minimum atomic E-state index is -0.592. The maximum absolute atomic E-state index is 13.6. The lowest BCUT2D eigenvalue weighted by Crippen LogP contribution is -2.41. The predicted octanol–water partition coefficient (Wildman–Crippen LogP) is 4.82. The molecule has 0 bridgehead atoms. The van der Waals surface area contributed by atoms with Gasteiger partial charge in [0.2, 0.25) is 5.91 Å². The summed E-state index contributed by atoms with van der Waals surface area (Å²) in [7, 11) is 0.